The summed E-state index contributed by atoms with van der Waals surface area (Å²) in [5.74, 6) is -1.53. The molecule has 4 nitrogen and oxygen atoms in total. The Morgan fingerprint density at radius 1 is 1.35 bits per heavy atom. The summed E-state index contributed by atoms with van der Waals surface area (Å²) in [4.78, 5) is 14.1. The van der Waals surface area contributed by atoms with Gasteiger partial charge in [-0.3, -0.25) is 4.79 Å². The van der Waals surface area contributed by atoms with Gasteiger partial charge in [-0.25, -0.2) is 8.78 Å². The fourth-order valence-corrected chi connectivity index (χ4v) is 3.05. The van der Waals surface area contributed by atoms with E-state index in [-0.39, 0.29) is 11.6 Å². The lowest BCUT2D eigenvalue weighted by Gasteiger charge is -2.26. The number of halogens is 2. The van der Waals surface area contributed by atoms with Crippen molar-refractivity contribution in [3.8, 4) is 0 Å². The Bertz CT molecular complexity index is 667. The predicted molar refractivity (Wildman–Crippen MR) is 78.7 cm³/mol. The second-order valence-electron chi connectivity index (χ2n) is 5.72. The van der Waals surface area contributed by atoms with Crippen LogP contribution in [0.25, 0.3) is 0 Å². The molecule has 1 aliphatic heterocycles. The van der Waals surface area contributed by atoms with E-state index >= 15 is 0 Å². The molecule has 0 spiro atoms. The van der Waals surface area contributed by atoms with Crippen molar-refractivity contribution in [1.29, 1.82) is 0 Å². The number of hydrogen-bond acceptors (Lipinski definition) is 3. The maximum atomic E-state index is 13.3. The van der Waals surface area contributed by atoms with Gasteiger partial charge in [0.15, 0.2) is 0 Å². The van der Waals surface area contributed by atoms with E-state index in [1.807, 2.05) is 0 Å². The smallest absolute Gasteiger partial charge is 0.254 e. The summed E-state index contributed by atoms with van der Waals surface area (Å²) in [6.45, 7) is 0.506. The van der Waals surface area contributed by atoms with Crippen LogP contribution in [-0.4, -0.2) is 28.5 Å². The van der Waals surface area contributed by atoms with E-state index < -0.39 is 23.6 Å². The molecule has 1 aromatic carbocycles. The molecule has 2 atom stereocenters. The van der Waals surface area contributed by atoms with E-state index in [0.29, 0.717) is 18.7 Å². The van der Waals surface area contributed by atoms with Gasteiger partial charge in [-0.15, -0.1) is 0 Å². The van der Waals surface area contributed by atoms with Crippen molar-refractivity contribution in [1.82, 2.24) is 4.90 Å². The normalized spacial score (nSPS) is 19.1. The number of hydrogen-bond donors (Lipinski definition) is 1. The highest BCUT2D eigenvalue weighted by molar-refractivity contribution is 5.94. The molecule has 1 amide bonds. The van der Waals surface area contributed by atoms with Crippen LogP contribution >= 0.6 is 0 Å². The Morgan fingerprint density at radius 3 is 2.74 bits per heavy atom. The average molecular weight is 321 g/mol. The summed E-state index contributed by atoms with van der Waals surface area (Å²) in [5.41, 5.74) is -0.0121. The van der Waals surface area contributed by atoms with E-state index in [1.54, 1.807) is 17.0 Å². The minimum Gasteiger partial charge on any atom is -0.467 e. The molecule has 23 heavy (non-hydrogen) atoms. The Balaban J connectivity index is 1.74. The van der Waals surface area contributed by atoms with E-state index in [0.717, 1.165) is 31.0 Å². The van der Waals surface area contributed by atoms with Gasteiger partial charge >= 0.3 is 0 Å². The fourth-order valence-electron chi connectivity index (χ4n) is 3.05. The maximum absolute atomic E-state index is 13.3. The molecule has 3 rings (SSSR count). The van der Waals surface area contributed by atoms with Crippen LogP contribution in [0.15, 0.2) is 41.0 Å². The number of benzene rings is 1. The number of nitrogens with zero attached hydrogens (tertiary/aromatic N) is 1. The van der Waals surface area contributed by atoms with Crippen molar-refractivity contribution < 1.29 is 23.1 Å². The Kier molecular flexibility index (Phi) is 4.43. The summed E-state index contributed by atoms with van der Waals surface area (Å²) in [6, 6.07) is 5.97. The molecule has 0 radical (unpaired) electrons. The zero-order valence-corrected chi connectivity index (χ0v) is 12.4. The van der Waals surface area contributed by atoms with Crippen LogP contribution in [-0.2, 0) is 0 Å². The van der Waals surface area contributed by atoms with Crippen LogP contribution in [0.1, 0.15) is 41.5 Å². The van der Waals surface area contributed by atoms with Gasteiger partial charge in [0.25, 0.3) is 5.91 Å². The third-order valence-electron chi connectivity index (χ3n) is 4.11. The van der Waals surface area contributed by atoms with Gasteiger partial charge in [0.05, 0.1) is 6.26 Å². The van der Waals surface area contributed by atoms with Gasteiger partial charge in [0, 0.05) is 30.6 Å². The van der Waals surface area contributed by atoms with E-state index in [2.05, 4.69) is 0 Å². The second-order valence-corrected chi connectivity index (χ2v) is 5.72. The summed E-state index contributed by atoms with van der Waals surface area (Å²) in [6.07, 6.45) is 2.52. The molecule has 2 heterocycles. The zero-order valence-electron chi connectivity index (χ0n) is 12.4. The number of rotatable bonds is 4. The predicted octanol–water partition coefficient (Wildman–Crippen LogP) is 3.29. The lowest BCUT2D eigenvalue weighted by Crippen LogP contribution is -2.36. The van der Waals surface area contributed by atoms with Gasteiger partial charge < -0.3 is 14.4 Å². The standard InChI is InChI=1S/C17H17F2NO3/c18-12-7-11(8-13(19)9-12)17(22)20-5-1-3-14(20)10-15(21)16-4-2-6-23-16/h2,4,6-9,14-15,21H,1,3,5,10H2. The Labute approximate surface area is 132 Å². The molecule has 0 aliphatic carbocycles. The fraction of sp³-hybridized carbons (Fsp3) is 0.353. The lowest BCUT2D eigenvalue weighted by molar-refractivity contribution is 0.0640. The molecular weight excluding hydrogens is 304 g/mol. The van der Waals surface area contributed by atoms with E-state index in [1.165, 1.54) is 6.26 Å². The van der Waals surface area contributed by atoms with Crippen LogP contribution in [0, 0.1) is 11.6 Å². The molecule has 1 fully saturated rings. The van der Waals surface area contributed by atoms with Crippen molar-refractivity contribution in [3.63, 3.8) is 0 Å². The molecule has 2 unspecified atom stereocenters. The van der Waals surface area contributed by atoms with Gasteiger partial charge in [0.1, 0.15) is 23.5 Å². The second kappa shape index (κ2) is 6.50. The van der Waals surface area contributed by atoms with Crippen molar-refractivity contribution in [2.75, 3.05) is 6.54 Å². The number of carbonyl (C=O) groups is 1. The third-order valence-corrected chi connectivity index (χ3v) is 4.11. The van der Waals surface area contributed by atoms with Crippen LogP contribution in [0.2, 0.25) is 0 Å². The number of likely N-dealkylation sites (tertiary alicyclic amines) is 1. The molecule has 1 N–H and O–H groups in total. The van der Waals surface area contributed by atoms with Crippen LogP contribution in [0.4, 0.5) is 8.78 Å². The molecule has 1 aromatic heterocycles. The summed E-state index contributed by atoms with van der Waals surface area (Å²) >= 11 is 0. The van der Waals surface area contributed by atoms with Gasteiger partial charge in [0.2, 0.25) is 0 Å². The molecule has 6 heteroatoms. The first-order valence-electron chi connectivity index (χ1n) is 7.53. The maximum Gasteiger partial charge on any atom is 0.254 e. The van der Waals surface area contributed by atoms with Gasteiger partial charge in [-0.2, -0.15) is 0 Å². The number of aliphatic hydroxyl groups is 1. The van der Waals surface area contributed by atoms with Gasteiger partial charge in [-0.05, 0) is 37.1 Å². The Hall–Kier alpha value is -2.21. The molecular formula is C17H17F2NO3. The quantitative estimate of drug-likeness (QED) is 0.940. The first kappa shape index (κ1) is 15.7. The first-order valence-corrected chi connectivity index (χ1v) is 7.53. The number of amides is 1. The van der Waals surface area contributed by atoms with Gasteiger partial charge in [-0.1, -0.05) is 0 Å². The average Bonchev–Trinajstić information content (AvgIpc) is 3.16. The van der Waals surface area contributed by atoms with Crippen molar-refractivity contribution in [2.45, 2.75) is 31.4 Å². The number of carbonyl (C=O) groups excluding carboxylic acids is 1. The summed E-state index contributed by atoms with van der Waals surface area (Å²) in [5, 5.41) is 10.2. The Morgan fingerprint density at radius 2 is 2.09 bits per heavy atom. The van der Waals surface area contributed by atoms with Crippen LogP contribution in [0.5, 0.6) is 0 Å². The molecule has 122 valence electrons. The van der Waals surface area contributed by atoms with Crippen LogP contribution in [0.3, 0.4) is 0 Å². The molecule has 0 bridgehead atoms. The highest BCUT2D eigenvalue weighted by Gasteiger charge is 2.32. The van der Waals surface area contributed by atoms with Crippen LogP contribution < -0.4 is 0 Å². The molecule has 1 aliphatic rings. The number of furan rings is 1. The highest BCUT2D eigenvalue weighted by Crippen LogP contribution is 2.29. The largest absolute Gasteiger partial charge is 0.467 e. The number of aliphatic hydroxyl groups excluding tert-OH is 1. The van der Waals surface area contributed by atoms with Crippen molar-refractivity contribution in [3.05, 3.63) is 59.6 Å². The monoisotopic (exact) mass is 321 g/mol. The van der Waals surface area contributed by atoms with Crippen molar-refractivity contribution >= 4 is 5.91 Å². The van der Waals surface area contributed by atoms with E-state index in [9.17, 15) is 18.7 Å². The SMILES string of the molecule is O=C(c1cc(F)cc(F)c1)N1CCCC1CC(O)c1ccco1. The highest BCUT2D eigenvalue weighted by atomic mass is 19.1. The van der Waals surface area contributed by atoms with Crippen molar-refractivity contribution in [2.24, 2.45) is 0 Å². The first-order chi connectivity index (χ1) is 11.0. The van der Waals surface area contributed by atoms with E-state index in [4.69, 9.17) is 4.42 Å². The summed E-state index contributed by atoms with van der Waals surface area (Å²) < 4.78 is 31.8. The molecule has 2 aromatic rings. The molecule has 0 saturated carbocycles. The minimum absolute atomic E-state index is 0.0121. The minimum atomic E-state index is -0.812. The topological polar surface area (TPSA) is 53.7 Å². The third kappa shape index (κ3) is 3.42. The zero-order chi connectivity index (χ0) is 16.4. The molecule has 1 saturated heterocycles. The summed E-state index contributed by atoms with van der Waals surface area (Å²) in [7, 11) is 0. The lowest BCUT2D eigenvalue weighted by atomic mass is 10.0.